The number of hydrogen-bond donors (Lipinski definition) is 6. The van der Waals surface area contributed by atoms with Crippen molar-refractivity contribution in [2.75, 3.05) is 18.9 Å². The largest absolute Gasteiger partial charge is 0.480 e. The molecule has 1 aromatic heterocycles. The van der Waals surface area contributed by atoms with Crippen LogP contribution in [0.15, 0.2) is 54.7 Å². The maximum Gasteiger partial charge on any atom is 0.410 e. The first kappa shape index (κ1) is 44.6. The van der Waals surface area contributed by atoms with E-state index in [9.17, 15) is 33.9 Å². The number of benzene rings is 2. The van der Waals surface area contributed by atoms with Gasteiger partial charge in [-0.2, -0.15) is 0 Å². The molecule has 0 fully saturated rings. The summed E-state index contributed by atoms with van der Waals surface area (Å²) >= 11 is 0. The van der Waals surface area contributed by atoms with E-state index in [0.29, 0.717) is 24.1 Å². The highest BCUT2D eigenvalue weighted by atomic mass is 16.6. The van der Waals surface area contributed by atoms with E-state index in [-0.39, 0.29) is 25.5 Å². The zero-order valence-electron chi connectivity index (χ0n) is 33.7. The molecule has 3 aromatic rings. The summed E-state index contributed by atoms with van der Waals surface area (Å²) in [5.74, 6) is -2.61. The number of rotatable bonds is 17. The number of fused-ring (bicyclic) bond motifs is 1. The molecular formula is C40H57N7O9. The van der Waals surface area contributed by atoms with E-state index in [1.807, 2.05) is 42.1 Å². The fourth-order valence-electron chi connectivity index (χ4n) is 6.41. The molecule has 1 heterocycles. The molecule has 1 unspecified atom stereocenters. The molecule has 0 bridgehead atoms. The first-order chi connectivity index (χ1) is 26.1. The zero-order chi connectivity index (χ0) is 42.0. The van der Waals surface area contributed by atoms with Gasteiger partial charge in [-0.05, 0) is 75.3 Å². The molecule has 0 aliphatic heterocycles. The molecule has 0 radical (unpaired) electrons. The molecule has 7 N–H and O–H groups in total. The fourth-order valence-corrected chi connectivity index (χ4v) is 6.41. The number of primary amides is 1. The van der Waals surface area contributed by atoms with E-state index in [1.165, 1.54) is 7.05 Å². The normalized spacial score (nSPS) is 13.2. The third-order valence-corrected chi connectivity index (χ3v) is 9.24. The second kappa shape index (κ2) is 19.2. The van der Waals surface area contributed by atoms with Crippen molar-refractivity contribution in [2.24, 2.45) is 18.7 Å². The van der Waals surface area contributed by atoms with Crippen molar-refractivity contribution in [3.63, 3.8) is 0 Å². The Kier molecular flexibility index (Phi) is 15.3. The molecule has 0 saturated carbocycles. The number of ether oxygens (including phenoxy) is 2. The Labute approximate surface area is 327 Å². The second-order valence-electron chi connectivity index (χ2n) is 15.7. The molecule has 0 spiro atoms. The van der Waals surface area contributed by atoms with Crippen LogP contribution in [-0.4, -0.2) is 87.9 Å². The Balaban J connectivity index is 1.68. The van der Waals surface area contributed by atoms with Gasteiger partial charge in [0, 0.05) is 48.8 Å². The molecule has 16 heteroatoms. The van der Waals surface area contributed by atoms with Gasteiger partial charge in [-0.25, -0.2) is 19.2 Å². The van der Waals surface area contributed by atoms with Gasteiger partial charge in [0.25, 0.3) is 0 Å². The van der Waals surface area contributed by atoms with Crippen LogP contribution in [0.3, 0.4) is 0 Å². The molecule has 0 aliphatic carbocycles. The number of amides is 6. The van der Waals surface area contributed by atoms with Crippen LogP contribution >= 0.6 is 0 Å². The monoisotopic (exact) mass is 779 g/mol. The Bertz CT molecular complexity index is 1870. The third-order valence-electron chi connectivity index (χ3n) is 9.24. The van der Waals surface area contributed by atoms with Gasteiger partial charge in [-0.1, -0.05) is 58.0 Å². The summed E-state index contributed by atoms with van der Waals surface area (Å²) in [6.07, 6.45) is 1.44. The molecule has 2 aromatic carbocycles. The molecule has 3 rings (SSSR count). The van der Waals surface area contributed by atoms with Crippen molar-refractivity contribution in [3.05, 3.63) is 65.9 Å². The number of carboxylic acids is 1. The first-order valence-electron chi connectivity index (χ1n) is 18.5. The van der Waals surface area contributed by atoms with Gasteiger partial charge in [0.05, 0.1) is 0 Å². The van der Waals surface area contributed by atoms with E-state index in [2.05, 4.69) is 21.3 Å². The Morgan fingerprint density at radius 3 is 2.14 bits per heavy atom. The van der Waals surface area contributed by atoms with Crippen LogP contribution in [0.4, 0.5) is 20.1 Å². The van der Waals surface area contributed by atoms with Gasteiger partial charge >= 0.3 is 24.2 Å². The average Bonchev–Trinajstić information content (AvgIpc) is 3.45. The SMILES string of the molecule is CC(C)C(NC(=O)OC(C)(C)C)C(=O)N[C@@H](CCCCNC(N)=O)C(=O)Nc1ccc(COC(=O)N(C)[C@H](C(=O)O)C(C)(C)c2cn(C)c3ccccc23)cc1. The van der Waals surface area contributed by atoms with Gasteiger partial charge in [0.1, 0.15) is 30.3 Å². The standard InChI is InChI=1S/C40H57N7O9/c1-24(2)31(45-37(53)56-39(3,4)5)34(49)44-29(15-12-13-21-42-36(41)52)33(48)43-26-19-17-25(18-20-26)23-55-38(54)47(9)32(35(50)51)40(6,7)28-22-46(8)30-16-11-10-14-27(28)30/h10-11,14,16-20,22,24,29,31-32H,12-13,15,21,23H2,1-9H3,(H,43,48)(H,44,49)(H,45,53)(H,50,51)(H3,41,42,52)/t29-,31?,32+/m0/s1. The lowest BCUT2D eigenvalue weighted by molar-refractivity contribution is -0.144. The molecule has 0 aliphatic rings. The van der Waals surface area contributed by atoms with E-state index in [1.54, 1.807) is 72.7 Å². The summed E-state index contributed by atoms with van der Waals surface area (Å²) in [7, 11) is 3.28. The number of aromatic nitrogens is 1. The summed E-state index contributed by atoms with van der Waals surface area (Å²) in [5, 5.41) is 21.8. The van der Waals surface area contributed by atoms with Crippen LogP contribution in [0.25, 0.3) is 10.9 Å². The quantitative estimate of drug-likeness (QED) is 0.101. The molecule has 3 atom stereocenters. The number of unbranched alkanes of at least 4 members (excludes halogenated alkanes) is 1. The van der Waals surface area contributed by atoms with Gasteiger partial charge in [0.15, 0.2) is 0 Å². The minimum absolute atomic E-state index is 0.169. The van der Waals surface area contributed by atoms with Gasteiger partial charge in [-0.3, -0.25) is 14.5 Å². The van der Waals surface area contributed by atoms with E-state index < -0.39 is 65.1 Å². The number of hydrogen-bond acceptors (Lipinski definition) is 8. The molecule has 0 saturated heterocycles. The number of nitrogens with zero attached hydrogens (tertiary/aromatic N) is 2. The number of carbonyl (C=O) groups is 6. The average molecular weight is 780 g/mol. The molecular weight excluding hydrogens is 722 g/mol. The summed E-state index contributed by atoms with van der Waals surface area (Å²) in [6.45, 7) is 12.3. The van der Waals surface area contributed by atoms with Gasteiger partial charge < -0.3 is 46.1 Å². The van der Waals surface area contributed by atoms with Crippen molar-refractivity contribution in [3.8, 4) is 0 Å². The van der Waals surface area contributed by atoms with Crippen molar-refractivity contribution in [1.82, 2.24) is 25.4 Å². The first-order valence-corrected chi connectivity index (χ1v) is 18.5. The number of carboxylic acid groups (broad SMARTS) is 1. The predicted molar refractivity (Wildman–Crippen MR) is 212 cm³/mol. The highest BCUT2D eigenvalue weighted by Crippen LogP contribution is 2.36. The number of nitrogens with two attached hydrogens (primary N) is 1. The molecule has 16 nitrogen and oxygen atoms in total. The van der Waals surface area contributed by atoms with E-state index >= 15 is 0 Å². The highest BCUT2D eigenvalue weighted by Gasteiger charge is 2.43. The number of alkyl carbamates (subject to hydrolysis) is 1. The van der Waals surface area contributed by atoms with E-state index in [4.69, 9.17) is 15.2 Å². The smallest absolute Gasteiger partial charge is 0.410 e. The topological polar surface area (TPSA) is 223 Å². The summed E-state index contributed by atoms with van der Waals surface area (Å²) in [5.41, 5.74) is 6.05. The minimum Gasteiger partial charge on any atom is -0.480 e. The number of likely N-dealkylation sites (N-methyl/N-ethyl adjacent to an activating group) is 1. The summed E-state index contributed by atoms with van der Waals surface area (Å²) in [4.78, 5) is 77.4. The zero-order valence-corrected chi connectivity index (χ0v) is 33.7. The lowest BCUT2D eigenvalue weighted by Gasteiger charge is -2.37. The highest BCUT2D eigenvalue weighted by molar-refractivity contribution is 5.98. The van der Waals surface area contributed by atoms with Crippen LogP contribution in [-0.2, 0) is 42.9 Å². The molecule has 56 heavy (non-hydrogen) atoms. The number of para-hydroxylation sites is 1. The summed E-state index contributed by atoms with van der Waals surface area (Å²) < 4.78 is 12.8. The fraction of sp³-hybridized carbons (Fsp3) is 0.500. The Morgan fingerprint density at radius 1 is 0.911 bits per heavy atom. The van der Waals surface area contributed by atoms with Crippen molar-refractivity contribution < 1.29 is 43.3 Å². The van der Waals surface area contributed by atoms with Crippen LogP contribution in [0.5, 0.6) is 0 Å². The number of aryl methyl sites for hydroxylation is 1. The maximum atomic E-state index is 13.5. The predicted octanol–water partition coefficient (Wildman–Crippen LogP) is 4.99. The number of anilines is 1. The third kappa shape index (κ3) is 12.4. The van der Waals surface area contributed by atoms with Crippen LogP contribution in [0, 0.1) is 5.92 Å². The number of nitrogens with one attached hydrogen (secondary N) is 4. The lowest BCUT2D eigenvalue weighted by Crippen LogP contribution is -2.55. The summed E-state index contributed by atoms with van der Waals surface area (Å²) in [6, 6.07) is 10.2. The minimum atomic E-state index is -1.25. The Morgan fingerprint density at radius 2 is 1.55 bits per heavy atom. The van der Waals surface area contributed by atoms with Crippen LogP contribution in [0.2, 0.25) is 0 Å². The van der Waals surface area contributed by atoms with Gasteiger partial charge in [-0.15, -0.1) is 0 Å². The second-order valence-corrected chi connectivity index (χ2v) is 15.7. The van der Waals surface area contributed by atoms with Crippen LogP contribution in [0.1, 0.15) is 78.9 Å². The van der Waals surface area contributed by atoms with Crippen LogP contribution < -0.4 is 27.0 Å². The van der Waals surface area contributed by atoms with Gasteiger partial charge in [0.2, 0.25) is 11.8 Å². The van der Waals surface area contributed by atoms with Crippen molar-refractivity contribution >= 4 is 52.6 Å². The molecule has 306 valence electrons. The number of carbonyl (C=O) groups excluding carboxylic acids is 5. The Hall–Kier alpha value is -5.80. The van der Waals surface area contributed by atoms with Crippen molar-refractivity contribution in [2.45, 2.75) is 103 Å². The lowest BCUT2D eigenvalue weighted by atomic mass is 9.77. The maximum absolute atomic E-state index is 13.5. The van der Waals surface area contributed by atoms with Crippen molar-refractivity contribution in [1.29, 1.82) is 0 Å². The molecule has 6 amide bonds. The number of urea groups is 1. The number of aliphatic carboxylic acids is 1. The van der Waals surface area contributed by atoms with E-state index in [0.717, 1.165) is 21.4 Å².